The molecule has 0 spiro atoms. The second kappa shape index (κ2) is 10.1. The van der Waals surface area contributed by atoms with Crippen LogP contribution in [0.25, 0.3) is 5.65 Å². The maximum Gasteiger partial charge on any atom is 0.356 e. The number of aromatic carboxylic acids is 1. The summed E-state index contributed by atoms with van der Waals surface area (Å²) in [5.74, 6) is -1.88. The zero-order valence-corrected chi connectivity index (χ0v) is 19.8. The highest BCUT2D eigenvalue weighted by atomic mass is 35.5. The first-order chi connectivity index (χ1) is 17.2. The Morgan fingerprint density at radius 3 is 2.64 bits per heavy atom. The van der Waals surface area contributed by atoms with Crippen LogP contribution in [0, 0.1) is 0 Å². The summed E-state index contributed by atoms with van der Waals surface area (Å²) in [5, 5.41) is 12.7. The van der Waals surface area contributed by atoms with Gasteiger partial charge < -0.3 is 20.5 Å². The molecule has 0 bridgehead atoms. The fourth-order valence-corrected chi connectivity index (χ4v) is 4.13. The number of carbonyl (C=O) groups excluding carboxylic acids is 1. The summed E-state index contributed by atoms with van der Waals surface area (Å²) in [6, 6.07) is 8.81. The van der Waals surface area contributed by atoms with E-state index in [0.29, 0.717) is 25.3 Å². The van der Waals surface area contributed by atoms with Gasteiger partial charge >= 0.3 is 11.9 Å². The molecule has 4 N–H and O–H groups in total. The van der Waals surface area contributed by atoms with Gasteiger partial charge in [0.1, 0.15) is 11.4 Å². The van der Waals surface area contributed by atoms with Gasteiger partial charge in [0.25, 0.3) is 10.9 Å². The molecule has 2 aromatic carbocycles. The number of nitrogens with two attached hydrogens (primary N) is 1. The van der Waals surface area contributed by atoms with Gasteiger partial charge in [-0.25, -0.2) is 23.9 Å². The lowest BCUT2D eigenvalue weighted by Crippen LogP contribution is -2.44. The molecule has 12 nitrogen and oxygen atoms in total. The number of nitrogens with one attached hydrogen (secondary N) is 1. The van der Waals surface area contributed by atoms with E-state index in [2.05, 4.69) is 31.8 Å². The summed E-state index contributed by atoms with van der Waals surface area (Å²) in [5.41, 5.74) is 8.63. The molecule has 0 amide bonds. The molecular weight excluding hydrogens is 492 g/mol. The first-order valence-corrected chi connectivity index (χ1v) is 11.1. The molecule has 0 atom stereocenters. The highest BCUT2D eigenvalue weighted by Crippen LogP contribution is 2.26. The van der Waals surface area contributed by atoms with Crippen molar-refractivity contribution in [2.75, 3.05) is 24.3 Å². The number of benzene rings is 1. The molecule has 0 radical (unpaired) electrons. The highest BCUT2D eigenvalue weighted by molar-refractivity contribution is 6.13. The number of carboxylic acid groups (broad SMARTS) is 1. The fourth-order valence-electron chi connectivity index (χ4n) is 3.97. The Labute approximate surface area is 208 Å². The van der Waals surface area contributed by atoms with Crippen LogP contribution in [0.3, 0.4) is 0 Å². The molecule has 186 valence electrons. The molecule has 5 rings (SSSR count). The second-order valence-corrected chi connectivity index (χ2v) is 8.20. The number of methoxy groups -OCH3 is 1. The molecular formula is C23H21ClN6O6. The Morgan fingerprint density at radius 1 is 1.19 bits per heavy atom. The lowest BCUT2D eigenvalue weighted by atomic mass is 9.96. The van der Waals surface area contributed by atoms with Crippen LogP contribution in [0.15, 0.2) is 46.1 Å². The Balaban J connectivity index is 0.000000174. The first kappa shape index (κ1) is 24.8. The smallest absolute Gasteiger partial charge is 0.356 e. The van der Waals surface area contributed by atoms with Gasteiger partial charge in [0.15, 0.2) is 17.0 Å². The van der Waals surface area contributed by atoms with Crippen molar-refractivity contribution in [1.82, 2.24) is 19.4 Å². The number of fused-ring (bicyclic) bond motifs is 2. The van der Waals surface area contributed by atoms with Crippen molar-refractivity contribution in [2.24, 2.45) is 0 Å². The molecule has 0 aliphatic carbocycles. The third-order valence-electron chi connectivity index (χ3n) is 5.76. The number of carbonyl (C=O) groups is 2. The minimum atomic E-state index is -1.21. The van der Waals surface area contributed by atoms with E-state index in [1.165, 1.54) is 29.5 Å². The SMILES string of the molecule is COC(=O)c1cc(C(=O)O)nc2ccnn12.Nc1c(N2CCc3ccc(CNCl)cc3C2)c(=O)c1=O. The molecule has 1 aliphatic heterocycles. The van der Waals surface area contributed by atoms with Crippen molar-refractivity contribution in [3.05, 3.63) is 85.1 Å². The van der Waals surface area contributed by atoms with Crippen molar-refractivity contribution >= 4 is 40.7 Å². The van der Waals surface area contributed by atoms with E-state index in [9.17, 15) is 19.2 Å². The molecule has 0 saturated heterocycles. The molecule has 3 heterocycles. The van der Waals surface area contributed by atoms with E-state index in [1.54, 1.807) is 0 Å². The van der Waals surface area contributed by atoms with Crippen molar-refractivity contribution < 1.29 is 19.4 Å². The monoisotopic (exact) mass is 512 g/mol. The fraction of sp³-hybridized carbons (Fsp3) is 0.217. The summed E-state index contributed by atoms with van der Waals surface area (Å²) in [6.07, 6.45) is 2.25. The van der Waals surface area contributed by atoms with Crippen LogP contribution in [-0.4, -0.2) is 45.3 Å². The number of nitrogens with zero attached hydrogens (tertiary/aromatic N) is 4. The number of anilines is 2. The Kier molecular flexibility index (Phi) is 6.99. The molecule has 1 aliphatic rings. The summed E-state index contributed by atoms with van der Waals surface area (Å²) in [6.45, 7) is 1.88. The normalized spacial score (nSPS) is 12.7. The lowest BCUT2D eigenvalue weighted by molar-refractivity contribution is 0.0590. The zero-order valence-electron chi connectivity index (χ0n) is 19.0. The van der Waals surface area contributed by atoms with Gasteiger partial charge in [-0.3, -0.25) is 9.59 Å². The van der Waals surface area contributed by atoms with Crippen LogP contribution in [0.1, 0.15) is 37.7 Å². The van der Waals surface area contributed by atoms with Gasteiger partial charge in [0.2, 0.25) is 0 Å². The van der Waals surface area contributed by atoms with Crippen LogP contribution in [0.5, 0.6) is 0 Å². The second-order valence-electron chi connectivity index (χ2n) is 7.93. The topological polar surface area (TPSA) is 169 Å². The van der Waals surface area contributed by atoms with E-state index < -0.39 is 22.8 Å². The van der Waals surface area contributed by atoms with Gasteiger partial charge in [0, 0.05) is 31.8 Å². The maximum absolute atomic E-state index is 11.6. The summed E-state index contributed by atoms with van der Waals surface area (Å²) in [7, 11) is 1.21. The van der Waals surface area contributed by atoms with Crippen molar-refractivity contribution in [1.29, 1.82) is 0 Å². The zero-order chi connectivity index (χ0) is 26.0. The molecule has 2 aromatic heterocycles. The molecule has 0 saturated carbocycles. The van der Waals surface area contributed by atoms with Crippen LogP contribution in [0.2, 0.25) is 0 Å². The van der Waals surface area contributed by atoms with E-state index in [1.807, 2.05) is 11.0 Å². The average Bonchev–Trinajstić information content (AvgIpc) is 3.37. The third-order valence-corrected chi connectivity index (χ3v) is 5.90. The van der Waals surface area contributed by atoms with Gasteiger partial charge in [-0.2, -0.15) is 5.10 Å². The highest BCUT2D eigenvalue weighted by Gasteiger charge is 2.26. The van der Waals surface area contributed by atoms with Gasteiger partial charge in [-0.1, -0.05) is 18.2 Å². The Bertz CT molecular complexity index is 1540. The number of hydrogen-bond acceptors (Lipinski definition) is 10. The lowest BCUT2D eigenvalue weighted by Gasteiger charge is -2.31. The number of nitrogen functional groups attached to an aromatic ring is 1. The predicted molar refractivity (Wildman–Crippen MR) is 131 cm³/mol. The number of aromatic nitrogens is 3. The van der Waals surface area contributed by atoms with E-state index >= 15 is 0 Å². The van der Waals surface area contributed by atoms with E-state index in [4.69, 9.17) is 22.6 Å². The van der Waals surface area contributed by atoms with E-state index in [-0.39, 0.29) is 22.7 Å². The predicted octanol–water partition coefficient (Wildman–Crippen LogP) is 0.885. The van der Waals surface area contributed by atoms with Crippen molar-refractivity contribution in [3.63, 3.8) is 0 Å². The van der Waals surface area contributed by atoms with Gasteiger partial charge in [-0.15, -0.1) is 0 Å². The van der Waals surface area contributed by atoms with E-state index in [0.717, 1.165) is 23.6 Å². The average molecular weight is 513 g/mol. The van der Waals surface area contributed by atoms with Crippen LogP contribution >= 0.6 is 11.8 Å². The first-order valence-electron chi connectivity index (χ1n) is 10.7. The number of hydrogen-bond donors (Lipinski definition) is 3. The maximum atomic E-state index is 11.6. The van der Waals surface area contributed by atoms with Crippen LogP contribution in [0.4, 0.5) is 11.4 Å². The minimum absolute atomic E-state index is 0.0231. The largest absolute Gasteiger partial charge is 0.477 e. The Morgan fingerprint density at radius 2 is 1.97 bits per heavy atom. The number of halogens is 1. The molecule has 0 unspecified atom stereocenters. The summed E-state index contributed by atoms with van der Waals surface area (Å²) in [4.78, 5) is 53.3. The molecule has 4 aromatic rings. The molecule has 13 heteroatoms. The third kappa shape index (κ3) is 4.63. The number of ether oxygens (including phenoxy) is 1. The van der Waals surface area contributed by atoms with Crippen LogP contribution in [-0.2, 0) is 24.2 Å². The summed E-state index contributed by atoms with van der Waals surface area (Å²) >= 11 is 5.52. The Hall–Kier alpha value is -4.29. The van der Waals surface area contributed by atoms with Gasteiger partial charge in [-0.05, 0) is 34.9 Å². The van der Waals surface area contributed by atoms with Crippen molar-refractivity contribution in [2.45, 2.75) is 19.5 Å². The van der Waals surface area contributed by atoms with Crippen molar-refractivity contribution in [3.8, 4) is 0 Å². The summed E-state index contributed by atoms with van der Waals surface area (Å²) < 4.78 is 5.75. The number of esters is 1. The minimum Gasteiger partial charge on any atom is -0.477 e. The standard InChI is InChI=1S/C14H14ClN3O2.C9H7N3O4/c15-17-6-8-1-2-9-3-4-18(7-10(9)5-8)12-11(16)13(19)14(12)20;1-16-9(15)6-4-5(8(13)14)11-7-2-3-10-12(6)7/h1-2,5,17H,3-4,6-7,16H2;2-4H,1H3,(H,13,14). The molecule has 36 heavy (non-hydrogen) atoms. The number of rotatable bonds is 5. The quantitative estimate of drug-likeness (QED) is 0.197. The molecule has 0 fully saturated rings. The van der Waals surface area contributed by atoms with Gasteiger partial charge in [0.05, 0.1) is 13.3 Å². The number of carboxylic acids is 1. The van der Waals surface area contributed by atoms with Crippen LogP contribution < -0.4 is 26.3 Å².